The van der Waals surface area contributed by atoms with E-state index in [0.717, 1.165) is 68.3 Å². The summed E-state index contributed by atoms with van der Waals surface area (Å²) in [4.78, 5) is 32.7. The third kappa shape index (κ3) is 6.48. The monoisotopic (exact) mass is 563 g/mol. The lowest BCUT2D eigenvalue weighted by molar-refractivity contribution is -0.107. The Morgan fingerprint density at radius 1 is 0.951 bits per heavy atom. The molecule has 12 nitrogen and oxygen atoms in total. The molecule has 1 aliphatic heterocycles. The maximum absolute atomic E-state index is 12.5. The number of aromatic nitrogens is 4. The number of rotatable bonds is 8. The molecule has 1 saturated heterocycles. The Kier molecular flexibility index (Phi) is 8.38. The average Bonchev–Trinajstić information content (AvgIpc) is 3.66. The summed E-state index contributed by atoms with van der Waals surface area (Å²) >= 11 is 0. The average molecular weight is 564 g/mol. The molecule has 3 aliphatic rings. The number of piperidine rings is 1. The number of hydrogen-bond donors (Lipinski definition) is 4. The summed E-state index contributed by atoms with van der Waals surface area (Å²) in [6, 6.07) is 8.47. The van der Waals surface area contributed by atoms with Crippen molar-refractivity contribution in [2.45, 2.75) is 88.4 Å². The summed E-state index contributed by atoms with van der Waals surface area (Å²) < 4.78 is 7.55. The largest absolute Gasteiger partial charge is 0.495 e. The highest BCUT2D eigenvalue weighted by molar-refractivity contribution is 5.86. The van der Waals surface area contributed by atoms with Gasteiger partial charge < -0.3 is 30.5 Å². The van der Waals surface area contributed by atoms with Gasteiger partial charge in [0.15, 0.2) is 17.0 Å². The molecule has 3 aromatic rings. The van der Waals surface area contributed by atoms with Gasteiger partial charge in [0, 0.05) is 37.3 Å². The summed E-state index contributed by atoms with van der Waals surface area (Å²) in [6.07, 6.45) is 11.9. The summed E-state index contributed by atoms with van der Waals surface area (Å²) in [5.74, 6) is 1.99. The van der Waals surface area contributed by atoms with Crippen LogP contribution in [0.1, 0.15) is 70.3 Å². The lowest BCUT2D eigenvalue weighted by Crippen LogP contribution is -2.41. The molecule has 0 unspecified atom stereocenters. The predicted molar refractivity (Wildman–Crippen MR) is 158 cm³/mol. The second-order valence-corrected chi connectivity index (χ2v) is 11.5. The number of imidazole rings is 1. The number of fused-ring (bicyclic) bond motifs is 1. The van der Waals surface area contributed by atoms with Crippen LogP contribution in [-0.4, -0.2) is 69.0 Å². The molecule has 0 spiro atoms. The highest BCUT2D eigenvalue weighted by Gasteiger charge is 2.27. The number of benzene rings is 1. The minimum atomic E-state index is -0.532. The first-order chi connectivity index (χ1) is 20.1. The number of ether oxygens (including phenoxy) is 1. The fourth-order valence-electron chi connectivity index (χ4n) is 6.26. The van der Waals surface area contributed by atoms with Gasteiger partial charge in [-0.25, -0.2) is 9.78 Å². The maximum atomic E-state index is 12.5. The van der Waals surface area contributed by atoms with Crippen molar-refractivity contribution in [1.82, 2.24) is 24.6 Å². The molecule has 3 heterocycles. The Bertz CT molecular complexity index is 1330. The van der Waals surface area contributed by atoms with E-state index >= 15 is 0 Å². The maximum Gasteiger partial charge on any atom is 0.430 e. The zero-order chi connectivity index (χ0) is 28.2. The molecule has 12 heteroatoms. The van der Waals surface area contributed by atoms with E-state index < -0.39 is 6.09 Å². The van der Waals surface area contributed by atoms with Gasteiger partial charge in [-0.05, 0) is 63.5 Å². The smallest absolute Gasteiger partial charge is 0.430 e. The quantitative estimate of drug-likeness (QED) is 0.305. The fourth-order valence-corrected chi connectivity index (χ4v) is 6.26. The standard InChI is InChI=1S/C29H41N9O3/c1-40-24-9-5-4-8-23(24)34-29(39)41-37-16-14-21(15-17-37)32-26-25-27(38(18-31-25)22-6-2-3-7-22)36-28(35-26)33-20-12-10-19(30)11-13-20/h4-5,8-9,18-22H,2-3,6-7,10-17,30H2,1H3,(H,34,39)(H2,32,33,35,36). The molecule has 220 valence electrons. The number of hydrogen-bond acceptors (Lipinski definition) is 10. The van der Waals surface area contributed by atoms with E-state index in [4.69, 9.17) is 30.3 Å². The summed E-state index contributed by atoms with van der Waals surface area (Å²) in [5, 5.41) is 11.7. The molecule has 1 amide bonds. The van der Waals surface area contributed by atoms with Crippen molar-refractivity contribution in [3.05, 3.63) is 30.6 Å². The lowest BCUT2D eigenvalue weighted by atomic mass is 9.92. The summed E-state index contributed by atoms with van der Waals surface area (Å²) in [6.45, 7) is 1.21. The number of carbonyl (C=O) groups excluding carboxylic acids is 1. The van der Waals surface area contributed by atoms with Gasteiger partial charge in [0.1, 0.15) is 5.75 Å². The molecule has 6 rings (SSSR count). The molecule has 2 saturated carbocycles. The summed E-state index contributed by atoms with van der Waals surface area (Å²) in [5.41, 5.74) is 8.40. The van der Waals surface area contributed by atoms with Crippen molar-refractivity contribution < 1.29 is 14.4 Å². The van der Waals surface area contributed by atoms with Crippen molar-refractivity contribution in [3.63, 3.8) is 0 Å². The zero-order valence-electron chi connectivity index (χ0n) is 23.7. The number of para-hydroxylation sites is 2. The van der Waals surface area contributed by atoms with Crippen LogP contribution in [0, 0.1) is 0 Å². The van der Waals surface area contributed by atoms with E-state index in [9.17, 15) is 4.79 Å². The number of nitrogens with zero attached hydrogens (tertiary/aromatic N) is 5. The second-order valence-electron chi connectivity index (χ2n) is 11.5. The van der Waals surface area contributed by atoms with E-state index in [2.05, 4.69) is 20.5 Å². The highest BCUT2D eigenvalue weighted by Crippen LogP contribution is 2.34. The van der Waals surface area contributed by atoms with Crippen LogP contribution in [0.25, 0.3) is 11.2 Å². The van der Waals surface area contributed by atoms with Gasteiger partial charge in [0.05, 0.1) is 19.1 Å². The number of anilines is 3. The second kappa shape index (κ2) is 12.5. The van der Waals surface area contributed by atoms with Gasteiger partial charge in [-0.1, -0.05) is 25.0 Å². The molecular formula is C29H41N9O3. The van der Waals surface area contributed by atoms with Crippen LogP contribution < -0.4 is 26.4 Å². The first kappa shape index (κ1) is 27.5. The molecule has 0 radical (unpaired) electrons. The Hall–Kier alpha value is -3.64. The van der Waals surface area contributed by atoms with Crippen LogP contribution in [0.5, 0.6) is 5.75 Å². The lowest BCUT2D eigenvalue weighted by Gasteiger charge is -2.31. The van der Waals surface area contributed by atoms with Crippen LogP contribution in [0.15, 0.2) is 30.6 Å². The number of hydroxylamine groups is 2. The Morgan fingerprint density at radius 3 is 2.44 bits per heavy atom. The normalized spacial score (nSPS) is 22.5. The van der Waals surface area contributed by atoms with E-state index in [1.54, 1.807) is 24.3 Å². The van der Waals surface area contributed by atoms with Gasteiger partial charge in [0.2, 0.25) is 5.95 Å². The summed E-state index contributed by atoms with van der Waals surface area (Å²) in [7, 11) is 1.57. The molecule has 0 bridgehead atoms. The van der Waals surface area contributed by atoms with Crippen LogP contribution in [0.2, 0.25) is 0 Å². The molecule has 2 aliphatic carbocycles. The predicted octanol–water partition coefficient (Wildman–Crippen LogP) is 4.67. The van der Waals surface area contributed by atoms with Crippen molar-refractivity contribution in [2.24, 2.45) is 5.73 Å². The van der Waals surface area contributed by atoms with Crippen LogP contribution in [0.4, 0.5) is 22.2 Å². The molecule has 0 atom stereocenters. The minimum Gasteiger partial charge on any atom is -0.495 e. The number of amides is 1. The van der Waals surface area contributed by atoms with E-state index in [1.807, 2.05) is 18.5 Å². The number of methoxy groups -OCH3 is 1. The molecule has 41 heavy (non-hydrogen) atoms. The van der Waals surface area contributed by atoms with Crippen molar-refractivity contribution in [1.29, 1.82) is 0 Å². The third-order valence-electron chi connectivity index (χ3n) is 8.60. The topological polar surface area (TPSA) is 144 Å². The van der Waals surface area contributed by atoms with Gasteiger partial charge in [-0.15, -0.1) is 5.06 Å². The van der Waals surface area contributed by atoms with E-state index in [-0.39, 0.29) is 6.04 Å². The van der Waals surface area contributed by atoms with Crippen LogP contribution in [0.3, 0.4) is 0 Å². The van der Waals surface area contributed by atoms with Crippen molar-refractivity contribution in [2.75, 3.05) is 36.1 Å². The Labute approximate surface area is 240 Å². The minimum absolute atomic E-state index is 0.169. The zero-order valence-corrected chi connectivity index (χ0v) is 23.7. The Morgan fingerprint density at radius 2 is 1.68 bits per heavy atom. The van der Waals surface area contributed by atoms with E-state index in [0.29, 0.717) is 48.6 Å². The first-order valence-corrected chi connectivity index (χ1v) is 15.0. The first-order valence-electron chi connectivity index (χ1n) is 15.0. The van der Waals surface area contributed by atoms with Gasteiger partial charge in [0.25, 0.3) is 0 Å². The van der Waals surface area contributed by atoms with Crippen LogP contribution >= 0.6 is 0 Å². The molecule has 1 aromatic carbocycles. The van der Waals surface area contributed by atoms with E-state index in [1.165, 1.54) is 12.8 Å². The van der Waals surface area contributed by atoms with Crippen molar-refractivity contribution >= 4 is 34.7 Å². The number of carbonyl (C=O) groups is 1. The molecular weight excluding hydrogens is 522 g/mol. The molecule has 2 aromatic heterocycles. The van der Waals surface area contributed by atoms with Gasteiger partial charge in [-0.3, -0.25) is 5.32 Å². The number of nitrogens with two attached hydrogens (primary N) is 1. The van der Waals surface area contributed by atoms with Gasteiger partial charge >= 0.3 is 6.09 Å². The van der Waals surface area contributed by atoms with Gasteiger partial charge in [-0.2, -0.15) is 9.97 Å². The van der Waals surface area contributed by atoms with Crippen molar-refractivity contribution in [3.8, 4) is 5.75 Å². The highest BCUT2D eigenvalue weighted by atomic mass is 16.7. The van der Waals surface area contributed by atoms with Crippen LogP contribution in [-0.2, 0) is 4.84 Å². The number of nitrogens with one attached hydrogen (secondary N) is 3. The molecule has 3 fully saturated rings. The fraction of sp³-hybridized carbons (Fsp3) is 0.586. The SMILES string of the molecule is COc1ccccc1NC(=O)ON1CCC(Nc2nc(NC3CCC(N)CC3)nc3c2ncn3C2CCCC2)CC1. The third-order valence-corrected chi connectivity index (χ3v) is 8.60. The molecule has 5 N–H and O–H groups in total. The Balaban J connectivity index is 1.11.